The van der Waals surface area contributed by atoms with Crippen molar-refractivity contribution in [3.63, 3.8) is 0 Å². The average Bonchev–Trinajstić information content (AvgIpc) is 2.79. The normalized spacial score (nSPS) is 22.3. The topological polar surface area (TPSA) is 75.3 Å². The molecule has 0 spiro atoms. The lowest BCUT2D eigenvalue weighted by Gasteiger charge is -2.28. The summed E-state index contributed by atoms with van der Waals surface area (Å²) < 4.78 is 26.6. The molecule has 1 aromatic rings. The van der Waals surface area contributed by atoms with Crippen LogP contribution < -0.4 is 10.0 Å². The molecule has 5 nitrogen and oxygen atoms in total. The van der Waals surface area contributed by atoms with Crippen molar-refractivity contribution >= 4 is 33.0 Å². The van der Waals surface area contributed by atoms with Gasteiger partial charge in [0.1, 0.15) is 0 Å². The molecule has 1 aromatic heterocycles. The number of aryl methyl sites for hydroxylation is 1. The fraction of sp³-hybridized carbons (Fsp3) is 0.688. The van der Waals surface area contributed by atoms with Gasteiger partial charge in [0.05, 0.1) is 10.9 Å². The summed E-state index contributed by atoms with van der Waals surface area (Å²) in [5.74, 6) is 0.0190. The summed E-state index contributed by atoms with van der Waals surface area (Å²) in [5.41, 5.74) is 2.03. The lowest BCUT2D eigenvalue weighted by Crippen LogP contribution is -2.42. The van der Waals surface area contributed by atoms with Gasteiger partial charge in [0, 0.05) is 22.2 Å². The Morgan fingerprint density at radius 1 is 1.22 bits per heavy atom. The fourth-order valence-electron chi connectivity index (χ4n) is 2.71. The zero-order chi connectivity index (χ0) is 17.2. The quantitative estimate of drug-likeness (QED) is 0.849. The first-order chi connectivity index (χ1) is 10.7. The third kappa shape index (κ3) is 4.55. The molecular formula is C16H26N2O3S2. The molecule has 2 rings (SSSR count). The number of carbonyl (C=O) groups excluding carboxylic acids is 1. The second-order valence-corrected chi connectivity index (χ2v) is 9.93. The summed E-state index contributed by atoms with van der Waals surface area (Å²) in [6.07, 6.45) is 2.87. The Morgan fingerprint density at radius 3 is 2.30 bits per heavy atom. The van der Waals surface area contributed by atoms with Crippen LogP contribution in [-0.2, 0) is 14.8 Å². The van der Waals surface area contributed by atoms with E-state index in [1.54, 1.807) is 25.2 Å². The van der Waals surface area contributed by atoms with E-state index in [4.69, 9.17) is 0 Å². The molecule has 0 atom stereocenters. The van der Waals surface area contributed by atoms with Gasteiger partial charge in [-0.15, -0.1) is 11.3 Å². The molecule has 1 fully saturated rings. The summed E-state index contributed by atoms with van der Waals surface area (Å²) in [6.45, 7) is 7.40. The van der Waals surface area contributed by atoms with E-state index in [-0.39, 0.29) is 17.9 Å². The van der Waals surface area contributed by atoms with E-state index in [0.717, 1.165) is 24.1 Å². The van der Waals surface area contributed by atoms with Crippen LogP contribution in [0.3, 0.4) is 0 Å². The minimum Gasteiger partial charge on any atom is -0.325 e. The molecule has 1 amide bonds. The number of nitrogens with one attached hydrogen (secondary N) is 2. The first-order valence-electron chi connectivity index (χ1n) is 8.07. The van der Waals surface area contributed by atoms with Crippen molar-refractivity contribution in [1.82, 2.24) is 4.72 Å². The second kappa shape index (κ2) is 7.32. The minimum atomic E-state index is -3.24. The summed E-state index contributed by atoms with van der Waals surface area (Å²) in [6, 6.07) is -0.0448. The number of hydrogen-bond acceptors (Lipinski definition) is 4. The molecule has 0 radical (unpaired) electrons. The number of amides is 1. The van der Waals surface area contributed by atoms with Crippen molar-refractivity contribution in [2.24, 2.45) is 5.92 Å². The fourth-order valence-corrected chi connectivity index (χ4v) is 4.50. The maximum absolute atomic E-state index is 12.4. The third-order valence-corrected chi connectivity index (χ3v) is 7.51. The van der Waals surface area contributed by atoms with Crippen molar-refractivity contribution in [3.05, 3.63) is 15.8 Å². The monoisotopic (exact) mass is 358 g/mol. The van der Waals surface area contributed by atoms with Gasteiger partial charge in [-0.05, 0) is 58.9 Å². The second-order valence-electron chi connectivity index (χ2n) is 6.58. The maximum atomic E-state index is 12.4. The molecule has 1 saturated carbocycles. The van der Waals surface area contributed by atoms with Crippen LogP contribution in [0.4, 0.5) is 5.69 Å². The van der Waals surface area contributed by atoms with Crippen molar-refractivity contribution < 1.29 is 13.2 Å². The molecule has 1 heterocycles. The van der Waals surface area contributed by atoms with Crippen molar-refractivity contribution in [3.8, 4) is 0 Å². The highest BCUT2D eigenvalue weighted by Gasteiger charge is 2.29. The first-order valence-corrected chi connectivity index (χ1v) is 10.5. The van der Waals surface area contributed by atoms with Gasteiger partial charge in [-0.1, -0.05) is 0 Å². The minimum absolute atomic E-state index is 0.0330. The highest BCUT2D eigenvalue weighted by atomic mass is 32.2. The smallest absolute Gasteiger partial charge is 0.227 e. The Labute approximate surface area is 142 Å². The Balaban J connectivity index is 1.87. The SMILES string of the molecule is Cc1scc(NC(=O)C2CCC(NS(=O)(=O)C(C)C)CC2)c1C. The van der Waals surface area contributed by atoms with E-state index in [1.165, 1.54) is 4.88 Å². The Hall–Kier alpha value is -0.920. The molecule has 7 heteroatoms. The van der Waals surface area contributed by atoms with Crippen LogP contribution in [0.5, 0.6) is 0 Å². The van der Waals surface area contributed by atoms with Crippen LogP contribution in [0.25, 0.3) is 0 Å². The number of hydrogen-bond donors (Lipinski definition) is 2. The number of thiophene rings is 1. The molecule has 1 aliphatic rings. The molecule has 23 heavy (non-hydrogen) atoms. The molecule has 0 unspecified atom stereocenters. The lowest BCUT2D eigenvalue weighted by molar-refractivity contribution is -0.120. The van der Waals surface area contributed by atoms with Gasteiger partial charge in [0.25, 0.3) is 0 Å². The van der Waals surface area contributed by atoms with Crippen molar-refractivity contribution in [2.75, 3.05) is 5.32 Å². The highest BCUT2D eigenvalue weighted by Crippen LogP contribution is 2.29. The molecule has 0 saturated heterocycles. The maximum Gasteiger partial charge on any atom is 0.227 e. The van der Waals surface area contributed by atoms with Crippen LogP contribution >= 0.6 is 11.3 Å². The standard InChI is InChI=1S/C16H26N2O3S2/c1-10(2)23(20,21)18-14-7-5-13(6-8-14)16(19)17-15-9-22-12(4)11(15)3/h9-10,13-14,18H,5-8H2,1-4H3,(H,17,19). The van der Waals surface area contributed by atoms with Crippen molar-refractivity contribution in [2.45, 2.75) is 64.7 Å². The molecule has 0 aliphatic heterocycles. The van der Waals surface area contributed by atoms with E-state index >= 15 is 0 Å². The molecule has 0 aromatic carbocycles. The Kier molecular flexibility index (Phi) is 5.86. The van der Waals surface area contributed by atoms with Gasteiger partial charge in [0.2, 0.25) is 15.9 Å². The third-order valence-electron chi connectivity index (χ3n) is 4.59. The van der Waals surface area contributed by atoms with E-state index in [1.807, 2.05) is 19.2 Å². The Bertz CT molecular complexity index is 657. The number of carbonyl (C=O) groups is 1. The summed E-state index contributed by atoms with van der Waals surface area (Å²) in [7, 11) is -3.24. The largest absolute Gasteiger partial charge is 0.325 e. The first kappa shape index (κ1) is 18.4. The van der Waals surface area contributed by atoms with E-state index in [9.17, 15) is 13.2 Å². The van der Waals surface area contributed by atoms with Gasteiger partial charge in [-0.25, -0.2) is 13.1 Å². The van der Waals surface area contributed by atoms with Crippen LogP contribution in [0.15, 0.2) is 5.38 Å². The van der Waals surface area contributed by atoms with Gasteiger partial charge in [-0.3, -0.25) is 4.79 Å². The number of rotatable bonds is 5. The van der Waals surface area contributed by atoms with Crippen LogP contribution in [0.1, 0.15) is 50.0 Å². The van der Waals surface area contributed by atoms with Gasteiger partial charge < -0.3 is 5.32 Å². The summed E-state index contributed by atoms with van der Waals surface area (Å²) in [4.78, 5) is 13.6. The average molecular weight is 359 g/mol. The van der Waals surface area contributed by atoms with Gasteiger partial charge in [0.15, 0.2) is 0 Å². The number of anilines is 1. The highest BCUT2D eigenvalue weighted by molar-refractivity contribution is 7.90. The molecule has 130 valence electrons. The Morgan fingerprint density at radius 2 is 1.83 bits per heavy atom. The molecular weight excluding hydrogens is 332 g/mol. The van der Waals surface area contributed by atoms with E-state index in [2.05, 4.69) is 10.0 Å². The lowest BCUT2D eigenvalue weighted by atomic mass is 9.86. The van der Waals surface area contributed by atoms with Gasteiger partial charge in [-0.2, -0.15) is 0 Å². The molecule has 1 aliphatic carbocycles. The van der Waals surface area contributed by atoms with Crippen molar-refractivity contribution in [1.29, 1.82) is 0 Å². The zero-order valence-electron chi connectivity index (χ0n) is 14.2. The van der Waals surface area contributed by atoms with E-state index in [0.29, 0.717) is 12.8 Å². The molecule has 0 bridgehead atoms. The molecule has 2 N–H and O–H groups in total. The predicted octanol–water partition coefficient (Wildman–Crippen LogP) is 3.19. The summed E-state index contributed by atoms with van der Waals surface area (Å²) in [5, 5.41) is 4.57. The zero-order valence-corrected chi connectivity index (χ0v) is 15.8. The van der Waals surface area contributed by atoms with Crippen LogP contribution in [0.2, 0.25) is 0 Å². The van der Waals surface area contributed by atoms with Crippen LogP contribution in [0, 0.1) is 19.8 Å². The van der Waals surface area contributed by atoms with E-state index < -0.39 is 15.3 Å². The summed E-state index contributed by atoms with van der Waals surface area (Å²) >= 11 is 1.64. The number of sulfonamides is 1. The predicted molar refractivity (Wildman–Crippen MR) is 95.4 cm³/mol. The van der Waals surface area contributed by atoms with Crippen LogP contribution in [-0.4, -0.2) is 25.6 Å². The van der Waals surface area contributed by atoms with Gasteiger partial charge >= 0.3 is 0 Å².